The van der Waals surface area contributed by atoms with E-state index in [0.29, 0.717) is 12.4 Å². The predicted molar refractivity (Wildman–Crippen MR) is 70.8 cm³/mol. The molecule has 2 rings (SSSR count). The van der Waals surface area contributed by atoms with Gasteiger partial charge in [0.15, 0.2) is 5.82 Å². The molecule has 0 bridgehead atoms. The Morgan fingerprint density at radius 1 is 1.52 bits per heavy atom. The van der Waals surface area contributed by atoms with E-state index in [1.165, 1.54) is 0 Å². The van der Waals surface area contributed by atoms with Gasteiger partial charge >= 0.3 is 0 Å². The number of nitrogens with zero attached hydrogens (tertiary/aromatic N) is 4. The molecule has 9 heteroatoms. The van der Waals surface area contributed by atoms with Crippen LogP contribution in [0.2, 0.25) is 0 Å². The second-order valence-electron chi connectivity index (χ2n) is 4.25. The number of aromatic nitrogens is 3. The molecule has 9 nitrogen and oxygen atoms in total. The lowest BCUT2D eigenvalue weighted by Crippen LogP contribution is -2.19. The van der Waals surface area contributed by atoms with Crippen molar-refractivity contribution in [2.24, 2.45) is 0 Å². The minimum atomic E-state index is -0.577. The minimum Gasteiger partial charge on any atom is -0.371 e. The monoisotopic (exact) mass is 294 g/mol. The van der Waals surface area contributed by atoms with E-state index >= 15 is 0 Å². The van der Waals surface area contributed by atoms with Gasteiger partial charge in [-0.2, -0.15) is 4.98 Å². The van der Waals surface area contributed by atoms with Crippen molar-refractivity contribution in [1.82, 2.24) is 14.7 Å². The van der Waals surface area contributed by atoms with Crippen molar-refractivity contribution in [1.29, 1.82) is 0 Å². The molecule has 0 aromatic carbocycles. The first-order valence-corrected chi connectivity index (χ1v) is 6.30. The largest absolute Gasteiger partial charge is 0.371 e. The molecule has 0 saturated carbocycles. The summed E-state index contributed by atoms with van der Waals surface area (Å²) >= 11 is 0. The molecule has 2 heterocycles. The van der Waals surface area contributed by atoms with E-state index in [9.17, 15) is 14.9 Å². The molecule has 0 saturated heterocycles. The van der Waals surface area contributed by atoms with Crippen LogP contribution >= 0.6 is 0 Å². The van der Waals surface area contributed by atoms with Gasteiger partial charge in [-0.25, -0.2) is 0 Å². The first-order valence-electron chi connectivity index (χ1n) is 6.30. The molecule has 1 unspecified atom stereocenters. The van der Waals surface area contributed by atoms with Crippen molar-refractivity contribution >= 4 is 5.69 Å². The maximum absolute atomic E-state index is 11.7. The number of hydrogen-bond acceptors (Lipinski definition) is 7. The van der Waals surface area contributed by atoms with Crippen LogP contribution in [0.1, 0.15) is 31.7 Å². The Morgan fingerprint density at radius 3 is 2.95 bits per heavy atom. The van der Waals surface area contributed by atoms with Gasteiger partial charge in [-0.1, -0.05) is 5.16 Å². The van der Waals surface area contributed by atoms with Crippen LogP contribution in [0.3, 0.4) is 0 Å². The van der Waals surface area contributed by atoms with Crippen molar-refractivity contribution in [2.75, 3.05) is 6.61 Å². The van der Waals surface area contributed by atoms with Crippen LogP contribution in [0.4, 0.5) is 5.69 Å². The molecule has 0 aliphatic carbocycles. The Labute approximate surface area is 119 Å². The average molecular weight is 294 g/mol. The fourth-order valence-electron chi connectivity index (χ4n) is 1.72. The topological polar surface area (TPSA) is 113 Å². The summed E-state index contributed by atoms with van der Waals surface area (Å²) < 4.78 is 11.5. The zero-order chi connectivity index (χ0) is 15.4. The molecular weight excluding hydrogens is 280 g/mol. The van der Waals surface area contributed by atoms with Crippen molar-refractivity contribution < 1.29 is 14.2 Å². The molecule has 0 amide bonds. The first kappa shape index (κ1) is 14.9. The molecule has 21 heavy (non-hydrogen) atoms. The van der Waals surface area contributed by atoms with Gasteiger partial charge in [-0.05, 0) is 13.8 Å². The highest BCUT2D eigenvalue weighted by Gasteiger charge is 2.15. The van der Waals surface area contributed by atoms with Crippen LogP contribution < -0.4 is 5.56 Å². The van der Waals surface area contributed by atoms with E-state index in [4.69, 9.17) is 9.26 Å². The normalized spacial score (nSPS) is 12.3. The predicted octanol–water partition coefficient (Wildman–Crippen LogP) is 1.29. The lowest BCUT2D eigenvalue weighted by molar-refractivity contribution is -0.385. The minimum absolute atomic E-state index is 0.0354. The molecule has 2 aromatic heterocycles. The Bertz CT molecular complexity index is 693. The summed E-state index contributed by atoms with van der Waals surface area (Å²) in [5, 5.41) is 14.5. The summed E-state index contributed by atoms with van der Waals surface area (Å²) in [7, 11) is 0. The van der Waals surface area contributed by atoms with Gasteiger partial charge in [0.25, 0.3) is 11.2 Å². The van der Waals surface area contributed by atoms with Gasteiger partial charge in [-0.15, -0.1) is 0 Å². The highest BCUT2D eigenvalue weighted by molar-refractivity contribution is 5.25. The van der Waals surface area contributed by atoms with Crippen LogP contribution in [0.15, 0.2) is 27.6 Å². The van der Waals surface area contributed by atoms with E-state index in [1.807, 2.05) is 6.92 Å². The number of ether oxygens (including phenoxy) is 1. The Morgan fingerprint density at radius 2 is 2.29 bits per heavy atom. The maximum atomic E-state index is 11.7. The molecule has 2 aromatic rings. The quantitative estimate of drug-likeness (QED) is 0.582. The fourth-order valence-corrected chi connectivity index (χ4v) is 1.72. The number of hydrogen-bond donors (Lipinski definition) is 0. The van der Waals surface area contributed by atoms with Crippen LogP contribution in [0, 0.1) is 10.1 Å². The van der Waals surface area contributed by atoms with E-state index in [2.05, 4.69) is 10.1 Å². The van der Waals surface area contributed by atoms with Crippen LogP contribution in [-0.4, -0.2) is 26.2 Å². The van der Waals surface area contributed by atoms with E-state index in [1.54, 1.807) is 6.92 Å². The zero-order valence-electron chi connectivity index (χ0n) is 11.6. The summed E-state index contributed by atoms with van der Waals surface area (Å²) in [5.41, 5.74) is -0.574. The van der Waals surface area contributed by atoms with Gasteiger partial charge in [0.2, 0.25) is 5.89 Å². The third kappa shape index (κ3) is 3.51. The van der Waals surface area contributed by atoms with E-state index in [-0.39, 0.29) is 24.2 Å². The zero-order valence-corrected chi connectivity index (χ0v) is 11.6. The summed E-state index contributed by atoms with van der Waals surface area (Å²) in [6.45, 7) is 4.10. The van der Waals surface area contributed by atoms with Gasteiger partial charge < -0.3 is 9.26 Å². The Kier molecular flexibility index (Phi) is 4.43. The second-order valence-corrected chi connectivity index (χ2v) is 4.25. The van der Waals surface area contributed by atoms with Crippen LogP contribution in [0.25, 0.3) is 0 Å². The van der Waals surface area contributed by atoms with E-state index in [0.717, 1.165) is 22.9 Å². The van der Waals surface area contributed by atoms with E-state index < -0.39 is 10.5 Å². The third-order valence-electron chi connectivity index (χ3n) is 2.75. The van der Waals surface area contributed by atoms with Crippen molar-refractivity contribution in [3.63, 3.8) is 0 Å². The molecule has 0 radical (unpaired) electrons. The van der Waals surface area contributed by atoms with Crippen molar-refractivity contribution in [3.8, 4) is 0 Å². The second kappa shape index (κ2) is 6.27. The number of rotatable bonds is 6. The molecule has 112 valence electrons. The lowest BCUT2D eigenvalue weighted by atomic mass is 10.4. The van der Waals surface area contributed by atoms with Crippen LogP contribution in [-0.2, 0) is 11.3 Å². The highest BCUT2D eigenvalue weighted by Crippen LogP contribution is 2.13. The molecule has 0 aliphatic heterocycles. The summed E-state index contributed by atoms with van der Waals surface area (Å²) in [6, 6.07) is 2.27. The van der Waals surface area contributed by atoms with Gasteiger partial charge in [-0.3, -0.25) is 19.5 Å². The van der Waals surface area contributed by atoms with Crippen molar-refractivity contribution in [3.05, 3.63) is 50.5 Å². The Balaban J connectivity index is 2.20. The standard InChI is InChI=1S/C12H14N4O5/c1-3-20-8(2)12-13-10(21-14-12)7-15-6-9(16(18)19)4-5-11(15)17/h4-6,8H,3,7H2,1-2H3. The molecule has 0 fully saturated rings. The molecule has 0 spiro atoms. The Hall–Kier alpha value is -2.55. The van der Waals surface area contributed by atoms with Gasteiger partial charge in [0.1, 0.15) is 12.6 Å². The molecule has 0 N–H and O–H groups in total. The molecule has 0 aliphatic rings. The van der Waals surface area contributed by atoms with Gasteiger partial charge in [0, 0.05) is 18.7 Å². The highest BCUT2D eigenvalue weighted by atomic mass is 16.6. The van der Waals surface area contributed by atoms with Crippen molar-refractivity contribution in [2.45, 2.75) is 26.5 Å². The van der Waals surface area contributed by atoms with Gasteiger partial charge in [0.05, 0.1) is 11.1 Å². The smallest absolute Gasteiger partial charge is 0.285 e. The summed E-state index contributed by atoms with van der Waals surface area (Å²) in [4.78, 5) is 25.9. The number of pyridine rings is 1. The summed E-state index contributed by atoms with van der Waals surface area (Å²) in [6.07, 6.45) is 0.812. The third-order valence-corrected chi connectivity index (χ3v) is 2.75. The average Bonchev–Trinajstić information content (AvgIpc) is 2.90. The fraction of sp³-hybridized carbons (Fsp3) is 0.417. The molecular formula is C12H14N4O5. The first-order chi connectivity index (χ1) is 10.0. The maximum Gasteiger partial charge on any atom is 0.285 e. The molecule has 1 atom stereocenters. The van der Waals surface area contributed by atoms with Crippen LogP contribution in [0.5, 0.6) is 0 Å². The number of nitro groups is 1. The summed E-state index contributed by atoms with van der Waals surface area (Å²) in [5.74, 6) is 0.546. The SMILES string of the molecule is CCOC(C)c1noc(Cn2cc([N+](=O)[O-])ccc2=O)n1. The lowest BCUT2D eigenvalue weighted by Gasteiger charge is -2.04.